The molecule has 1 aliphatic heterocycles. The maximum Gasteiger partial charge on any atom is 0.228 e. The molecule has 1 aliphatic rings. The van der Waals surface area contributed by atoms with E-state index >= 15 is 4.39 Å². The Kier molecular flexibility index (Phi) is 5.95. The van der Waals surface area contributed by atoms with Crippen molar-refractivity contribution < 1.29 is 13.5 Å². The fraction of sp³-hybridized carbons (Fsp3) is 0.185. The summed E-state index contributed by atoms with van der Waals surface area (Å²) in [6, 6.07) is 17.0. The average molecular weight is 515 g/mol. The number of methoxy groups -OCH3 is 1. The van der Waals surface area contributed by atoms with E-state index in [2.05, 4.69) is 15.0 Å². The predicted molar refractivity (Wildman–Crippen MR) is 142 cm³/mol. The summed E-state index contributed by atoms with van der Waals surface area (Å²) in [5.74, 6) is 0.193. The lowest BCUT2D eigenvalue weighted by atomic mass is 10.1. The maximum atomic E-state index is 15.0. The molecule has 0 amide bonds. The Bertz CT molecular complexity index is 1600. The Hall–Kier alpha value is -4.80. The highest BCUT2D eigenvalue weighted by Crippen LogP contribution is 2.35. The van der Waals surface area contributed by atoms with Crippen LogP contribution < -0.4 is 20.3 Å². The molecular weight excluding hydrogens is 490 g/mol. The summed E-state index contributed by atoms with van der Waals surface area (Å²) in [5, 5.41) is 4.98. The van der Waals surface area contributed by atoms with Gasteiger partial charge < -0.3 is 20.3 Å². The van der Waals surface area contributed by atoms with Crippen LogP contribution in [0, 0.1) is 11.6 Å². The summed E-state index contributed by atoms with van der Waals surface area (Å²) >= 11 is 0. The zero-order valence-corrected chi connectivity index (χ0v) is 20.6. The number of ether oxygens (including phenoxy) is 1. The molecule has 2 aromatic carbocycles. The second-order valence-corrected chi connectivity index (χ2v) is 8.83. The largest absolute Gasteiger partial charge is 0.497 e. The predicted octanol–water partition coefficient (Wildman–Crippen LogP) is 4.07. The van der Waals surface area contributed by atoms with Gasteiger partial charge in [-0.15, -0.1) is 5.10 Å². The van der Waals surface area contributed by atoms with E-state index in [4.69, 9.17) is 20.4 Å². The SMILES string of the molecule is COc1ccc(-n2nc3nc(N4CCN(c5ccccn5)CC4)nc(-c4cccc(F)c4F)c3c2N)cc1. The lowest BCUT2D eigenvalue weighted by Gasteiger charge is -2.35. The van der Waals surface area contributed by atoms with Crippen molar-refractivity contribution in [2.75, 3.05) is 48.8 Å². The van der Waals surface area contributed by atoms with Crippen LogP contribution in [0.15, 0.2) is 66.9 Å². The number of anilines is 3. The molecule has 3 aromatic heterocycles. The Balaban J connectivity index is 1.44. The second kappa shape index (κ2) is 9.58. The highest BCUT2D eigenvalue weighted by molar-refractivity contribution is 5.99. The van der Waals surface area contributed by atoms with E-state index in [-0.39, 0.29) is 22.7 Å². The lowest BCUT2D eigenvalue weighted by molar-refractivity contribution is 0.414. The number of hydrogen-bond donors (Lipinski definition) is 1. The number of fused-ring (bicyclic) bond motifs is 1. The summed E-state index contributed by atoms with van der Waals surface area (Å²) in [6.45, 7) is 2.62. The van der Waals surface area contributed by atoms with Crippen LogP contribution in [0.3, 0.4) is 0 Å². The van der Waals surface area contributed by atoms with E-state index in [0.29, 0.717) is 49.0 Å². The average Bonchev–Trinajstić information content (AvgIpc) is 3.31. The third-order valence-electron chi connectivity index (χ3n) is 6.62. The van der Waals surface area contributed by atoms with Gasteiger partial charge in [-0.3, -0.25) is 0 Å². The molecule has 192 valence electrons. The first-order valence-electron chi connectivity index (χ1n) is 12.1. The molecule has 1 saturated heterocycles. The minimum Gasteiger partial charge on any atom is -0.497 e. The molecule has 1 fully saturated rings. The Morgan fingerprint density at radius 3 is 2.34 bits per heavy atom. The van der Waals surface area contributed by atoms with E-state index in [1.54, 1.807) is 37.6 Å². The number of piperazine rings is 1. The van der Waals surface area contributed by atoms with Gasteiger partial charge in [-0.1, -0.05) is 12.1 Å². The molecule has 0 unspecified atom stereocenters. The minimum absolute atomic E-state index is 0.00764. The van der Waals surface area contributed by atoms with Crippen molar-refractivity contribution in [3.05, 3.63) is 78.5 Å². The van der Waals surface area contributed by atoms with E-state index in [9.17, 15) is 4.39 Å². The van der Waals surface area contributed by atoms with Crippen molar-refractivity contribution in [2.45, 2.75) is 0 Å². The molecule has 0 atom stereocenters. The highest BCUT2D eigenvalue weighted by Gasteiger charge is 2.26. The summed E-state index contributed by atoms with van der Waals surface area (Å²) in [6.07, 6.45) is 1.77. The first-order valence-corrected chi connectivity index (χ1v) is 12.1. The van der Waals surface area contributed by atoms with Gasteiger partial charge >= 0.3 is 0 Å². The number of aromatic nitrogens is 5. The number of pyridine rings is 1. The number of benzene rings is 2. The van der Waals surface area contributed by atoms with E-state index in [0.717, 1.165) is 11.9 Å². The monoisotopic (exact) mass is 514 g/mol. The topological polar surface area (TPSA) is 98.2 Å². The zero-order valence-electron chi connectivity index (χ0n) is 20.6. The molecule has 4 heterocycles. The second-order valence-electron chi connectivity index (χ2n) is 8.83. The van der Waals surface area contributed by atoms with Crippen LogP contribution in [-0.4, -0.2) is 58.0 Å². The minimum atomic E-state index is -1.00. The number of nitrogens with two attached hydrogens (primary N) is 1. The fourth-order valence-corrected chi connectivity index (χ4v) is 4.62. The zero-order chi connectivity index (χ0) is 26.2. The van der Waals surface area contributed by atoms with Crippen molar-refractivity contribution in [1.82, 2.24) is 24.7 Å². The highest BCUT2D eigenvalue weighted by atomic mass is 19.2. The van der Waals surface area contributed by atoms with Crippen molar-refractivity contribution in [3.8, 4) is 22.7 Å². The maximum absolute atomic E-state index is 15.0. The van der Waals surface area contributed by atoms with Gasteiger partial charge in [-0.25, -0.2) is 23.4 Å². The normalized spacial score (nSPS) is 13.8. The third kappa shape index (κ3) is 4.11. The van der Waals surface area contributed by atoms with Crippen LogP contribution in [0.1, 0.15) is 0 Å². The summed E-state index contributed by atoms with van der Waals surface area (Å²) in [7, 11) is 1.58. The van der Waals surface area contributed by atoms with Gasteiger partial charge in [0.15, 0.2) is 17.3 Å². The molecule has 9 nitrogen and oxygen atoms in total. The van der Waals surface area contributed by atoms with Crippen molar-refractivity contribution >= 4 is 28.6 Å². The molecule has 0 saturated carbocycles. The van der Waals surface area contributed by atoms with Gasteiger partial charge in [0.25, 0.3) is 0 Å². The van der Waals surface area contributed by atoms with Crippen LogP contribution in [0.25, 0.3) is 28.0 Å². The quantitative estimate of drug-likeness (QED) is 0.375. The smallest absolute Gasteiger partial charge is 0.228 e. The number of nitrogens with zero attached hydrogens (tertiary/aromatic N) is 7. The molecule has 0 spiro atoms. The third-order valence-corrected chi connectivity index (χ3v) is 6.62. The van der Waals surface area contributed by atoms with Crippen molar-refractivity contribution in [3.63, 3.8) is 0 Å². The summed E-state index contributed by atoms with van der Waals surface area (Å²) in [4.78, 5) is 18.0. The Morgan fingerprint density at radius 1 is 0.868 bits per heavy atom. The number of rotatable bonds is 5. The molecule has 5 aromatic rings. The van der Waals surface area contributed by atoms with E-state index < -0.39 is 11.6 Å². The molecule has 0 radical (unpaired) electrons. The lowest BCUT2D eigenvalue weighted by Crippen LogP contribution is -2.47. The Labute approximate surface area is 217 Å². The van der Waals surface area contributed by atoms with Gasteiger partial charge in [0, 0.05) is 37.9 Å². The molecule has 11 heteroatoms. The van der Waals surface area contributed by atoms with E-state index in [1.807, 2.05) is 23.1 Å². The molecule has 0 bridgehead atoms. The van der Waals surface area contributed by atoms with Gasteiger partial charge in [-0.2, -0.15) is 4.98 Å². The number of hydrogen-bond acceptors (Lipinski definition) is 8. The van der Waals surface area contributed by atoms with E-state index in [1.165, 1.54) is 16.8 Å². The molecular formula is C27H24F2N8O. The standard InChI is InChI=1S/C27H24F2N8O/c1-38-18-10-8-17(9-11-18)37-25(30)22-24(19-5-4-6-20(28)23(19)29)32-27(33-26(22)34-37)36-15-13-35(14-16-36)21-7-2-3-12-31-21/h2-12H,13-16,30H2,1H3. The van der Waals surface area contributed by atoms with Gasteiger partial charge in [0.2, 0.25) is 5.95 Å². The first-order chi connectivity index (χ1) is 18.5. The fourth-order valence-electron chi connectivity index (χ4n) is 4.62. The first kappa shape index (κ1) is 23.6. The molecule has 2 N–H and O–H groups in total. The number of nitrogen functional groups attached to an aromatic ring is 1. The van der Waals surface area contributed by atoms with Gasteiger partial charge in [-0.05, 0) is 48.5 Å². The van der Waals surface area contributed by atoms with Crippen LogP contribution >= 0.6 is 0 Å². The van der Waals surface area contributed by atoms with Crippen LogP contribution in [-0.2, 0) is 0 Å². The van der Waals surface area contributed by atoms with Crippen LogP contribution in [0.5, 0.6) is 5.75 Å². The summed E-state index contributed by atoms with van der Waals surface area (Å²) in [5.41, 5.74) is 7.65. The number of halogens is 2. The Morgan fingerprint density at radius 2 is 1.63 bits per heavy atom. The molecule has 6 rings (SSSR count). The van der Waals surface area contributed by atoms with Gasteiger partial charge in [0.1, 0.15) is 17.4 Å². The summed E-state index contributed by atoms with van der Waals surface area (Å²) < 4.78 is 36.0. The van der Waals surface area contributed by atoms with Crippen molar-refractivity contribution in [1.29, 1.82) is 0 Å². The molecule has 0 aliphatic carbocycles. The van der Waals surface area contributed by atoms with Gasteiger partial charge in [0.05, 0.1) is 23.9 Å². The van der Waals surface area contributed by atoms with Crippen molar-refractivity contribution in [2.24, 2.45) is 0 Å². The van der Waals surface area contributed by atoms with Crippen LogP contribution in [0.2, 0.25) is 0 Å². The van der Waals surface area contributed by atoms with Crippen LogP contribution in [0.4, 0.5) is 26.4 Å². The molecule has 38 heavy (non-hydrogen) atoms.